The van der Waals surface area contributed by atoms with Crippen LogP contribution in [0.3, 0.4) is 0 Å². The molecule has 0 atom stereocenters. The maximum atomic E-state index is 8.09. The van der Waals surface area contributed by atoms with Crippen molar-refractivity contribution in [3.05, 3.63) is 0 Å². The van der Waals surface area contributed by atoms with Gasteiger partial charge in [0.2, 0.25) is 0 Å². The largest absolute Gasteiger partial charge is 0.394 e. The highest BCUT2D eigenvalue weighted by Gasteiger charge is 2.36. The smallest absolute Gasteiger partial charge is 0.339 e. The molecule has 0 aromatic heterocycles. The van der Waals surface area contributed by atoms with Crippen LogP contribution in [0.25, 0.3) is 0 Å². The Kier molecular flexibility index (Phi) is 10.6. The molecule has 0 spiro atoms. The number of ether oxygens (including phenoxy) is 1. The highest BCUT2D eigenvalue weighted by atomic mass is 31.2. The van der Waals surface area contributed by atoms with Crippen molar-refractivity contribution in [2.75, 3.05) is 52.9 Å². The van der Waals surface area contributed by atoms with Gasteiger partial charge < -0.3 is 33.0 Å². The Balaban J connectivity index is 0.000000351. The van der Waals surface area contributed by atoms with Crippen LogP contribution in [-0.4, -0.2) is 63.1 Å². The maximum Gasteiger partial charge on any atom is 0.339 e. The first-order chi connectivity index (χ1) is 11.3. The lowest BCUT2D eigenvalue weighted by molar-refractivity contribution is 0.0189. The van der Waals surface area contributed by atoms with Crippen molar-refractivity contribution in [3.63, 3.8) is 0 Å². The van der Waals surface area contributed by atoms with Crippen molar-refractivity contribution < 1.29 is 37.4 Å². The quantitative estimate of drug-likeness (QED) is 0.530. The van der Waals surface area contributed by atoms with Crippen LogP contribution in [0.5, 0.6) is 0 Å². The second-order valence-electron chi connectivity index (χ2n) is 7.01. The summed E-state index contributed by atoms with van der Waals surface area (Å²) >= 11 is 0. The van der Waals surface area contributed by atoms with Gasteiger partial charge in [-0.2, -0.15) is 0 Å². The van der Waals surface area contributed by atoms with Gasteiger partial charge >= 0.3 is 17.2 Å². The van der Waals surface area contributed by atoms with Gasteiger partial charge in [-0.15, -0.1) is 0 Å². The molecule has 0 radical (unpaired) electrons. The first-order valence-corrected chi connectivity index (χ1v) is 10.1. The fraction of sp³-hybridized carbons (Fsp3) is 1.00. The van der Waals surface area contributed by atoms with E-state index in [2.05, 4.69) is 32.4 Å². The molecule has 0 aromatic carbocycles. The molecule has 0 saturated carbocycles. The molecule has 8 nitrogen and oxygen atoms in total. The van der Waals surface area contributed by atoms with Gasteiger partial charge in [-0.25, -0.2) is 4.31 Å². The molecule has 10 heteroatoms. The zero-order chi connectivity index (χ0) is 18.1. The van der Waals surface area contributed by atoms with E-state index in [1.54, 1.807) is 0 Å². The highest BCUT2D eigenvalue weighted by molar-refractivity contribution is 7.55. The van der Waals surface area contributed by atoms with Crippen molar-refractivity contribution in [2.24, 2.45) is 10.8 Å². The second kappa shape index (κ2) is 11.3. The van der Waals surface area contributed by atoms with Crippen LogP contribution in [0.15, 0.2) is 0 Å². The predicted molar refractivity (Wildman–Crippen MR) is 91.3 cm³/mol. The Morgan fingerprint density at radius 3 is 1.38 bits per heavy atom. The van der Waals surface area contributed by atoms with E-state index >= 15 is 0 Å². The molecule has 2 aliphatic heterocycles. The summed E-state index contributed by atoms with van der Waals surface area (Å²) in [7, 11) is -2.61. The zero-order valence-corrected chi connectivity index (χ0v) is 16.7. The van der Waals surface area contributed by atoms with E-state index in [0.717, 1.165) is 0 Å². The van der Waals surface area contributed by atoms with Gasteiger partial charge in [0.05, 0.1) is 52.9 Å². The van der Waals surface area contributed by atoms with E-state index < -0.39 is 17.2 Å². The van der Waals surface area contributed by atoms with E-state index in [9.17, 15) is 0 Å². The van der Waals surface area contributed by atoms with E-state index in [0.29, 0.717) is 39.6 Å². The Bertz CT molecular complexity index is 293. The van der Waals surface area contributed by atoms with E-state index in [-0.39, 0.29) is 24.0 Å². The van der Waals surface area contributed by atoms with Crippen LogP contribution >= 0.6 is 17.2 Å². The number of aliphatic hydroxyl groups is 2. The number of hydrogen-bond acceptors (Lipinski definition) is 8. The normalized spacial score (nSPS) is 24.2. The van der Waals surface area contributed by atoms with Gasteiger partial charge in [0.25, 0.3) is 0 Å². The molecule has 2 heterocycles. The lowest BCUT2D eigenvalue weighted by Crippen LogP contribution is -2.30. The molecular weight excluding hydrogens is 358 g/mol. The molecule has 0 aliphatic carbocycles. The highest BCUT2D eigenvalue weighted by Crippen LogP contribution is 2.60. The standard InChI is InChI=1S/C10H20O5P2.C4H10O3/c1-9(2)5-11-16(12-6-9)15-17-13-7-10(3,4)8-14-17;5-1-3-7-4-2-6/h5-8H2,1-4H3;5-6H,1-4H2. The third-order valence-corrected chi connectivity index (χ3v) is 5.27. The van der Waals surface area contributed by atoms with Gasteiger partial charge in [-0.3, -0.25) is 0 Å². The van der Waals surface area contributed by atoms with Gasteiger partial charge in [-0.1, -0.05) is 27.7 Å². The Labute approximate surface area is 146 Å². The Hall–Kier alpha value is 0.540. The van der Waals surface area contributed by atoms with E-state index in [1.165, 1.54) is 0 Å². The van der Waals surface area contributed by atoms with Gasteiger partial charge in [0, 0.05) is 10.8 Å². The van der Waals surface area contributed by atoms with Crippen LogP contribution < -0.4 is 0 Å². The maximum absolute atomic E-state index is 8.09. The molecule has 2 aliphatic rings. The van der Waals surface area contributed by atoms with Crippen molar-refractivity contribution in [3.8, 4) is 0 Å². The summed E-state index contributed by atoms with van der Waals surface area (Å²) in [6.45, 7) is 11.7. The minimum Gasteiger partial charge on any atom is -0.394 e. The average Bonchev–Trinajstić information content (AvgIpc) is 2.53. The minimum absolute atomic E-state index is 0.0278. The summed E-state index contributed by atoms with van der Waals surface area (Å²) in [6.07, 6.45) is 0. The monoisotopic (exact) mass is 388 g/mol. The molecule has 2 saturated heterocycles. The molecule has 144 valence electrons. The van der Waals surface area contributed by atoms with E-state index in [4.69, 9.17) is 32.6 Å². The van der Waals surface area contributed by atoms with Crippen LogP contribution in [0.4, 0.5) is 0 Å². The minimum atomic E-state index is -1.31. The topological polar surface area (TPSA) is 95.8 Å². The first-order valence-electron chi connectivity index (χ1n) is 7.87. The molecule has 0 aromatic rings. The van der Waals surface area contributed by atoms with Gasteiger partial charge in [-0.05, 0) is 0 Å². The van der Waals surface area contributed by atoms with Crippen LogP contribution in [0.2, 0.25) is 0 Å². The molecule has 0 amide bonds. The lowest BCUT2D eigenvalue weighted by Gasteiger charge is -2.36. The molecular formula is C14H30O8P2. The Morgan fingerprint density at radius 2 is 1.08 bits per heavy atom. The number of rotatable bonds is 6. The molecule has 0 unspecified atom stereocenters. The molecule has 0 bridgehead atoms. The lowest BCUT2D eigenvalue weighted by atomic mass is 9.97. The molecule has 2 N–H and O–H groups in total. The van der Waals surface area contributed by atoms with Crippen molar-refractivity contribution >= 4 is 17.2 Å². The van der Waals surface area contributed by atoms with Crippen LogP contribution in [0, 0.1) is 10.8 Å². The molecule has 24 heavy (non-hydrogen) atoms. The van der Waals surface area contributed by atoms with Crippen LogP contribution in [0.1, 0.15) is 27.7 Å². The van der Waals surface area contributed by atoms with Crippen molar-refractivity contribution in [1.82, 2.24) is 0 Å². The third kappa shape index (κ3) is 9.88. The third-order valence-electron chi connectivity index (χ3n) is 2.85. The SMILES string of the molecule is CC1(C)COP(OP2OCC(C)(C)CO2)OC1.OCCOCCO. The fourth-order valence-corrected chi connectivity index (χ4v) is 4.61. The number of hydrogen-bond donors (Lipinski definition) is 2. The molecule has 2 rings (SSSR count). The van der Waals surface area contributed by atoms with Gasteiger partial charge in [0.1, 0.15) is 0 Å². The average molecular weight is 388 g/mol. The van der Waals surface area contributed by atoms with Crippen molar-refractivity contribution in [2.45, 2.75) is 27.7 Å². The van der Waals surface area contributed by atoms with Gasteiger partial charge in [0.15, 0.2) is 0 Å². The summed E-state index contributed by atoms with van der Waals surface area (Å²) in [5, 5.41) is 16.2. The summed E-state index contributed by atoms with van der Waals surface area (Å²) in [4.78, 5) is 0. The number of aliphatic hydroxyl groups excluding tert-OH is 2. The summed E-state index contributed by atoms with van der Waals surface area (Å²) in [5.74, 6) is 0. The first kappa shape index (κ1) is 22.6. The van der Waals surface area contributed by atoms with Crippen molar-refractivity contribution in [1.29, 1.82) is 0 Å². The zero-order valence-electron chi connectivity index (χ0n) is 14.9. The summed E-state index contributed by atoms with van der Waals surface area (Å²) in [6, 6.07) is 0. The summed E-state index contributed by atoms with van der Waals surface area (Å²) in [5.41, 5.74) is 0.122. The Morgan fingerprint density at radius 1 is 0.750 bits per heavy atom. The summed E-state index contributed by atoms with van der Waals surface area (Å²) < 4.78 is 32.3. The second-order valence-corrected chi connectivity index (χ2v) is 9.59. The fourth-order valence-electron chi connectivity index (χ4n) is 1.45. The molecule has 2 fully saturated rings. The van der Waals surface area contributed by atoms with Crippen LogP contribution in [-0.2, 0) is 27.1 Å². The predicted octanol–water partition coefficient (Wildman–Crippen LogP) is 2.59. The van der Waals surface area contributed by atoms with E-state index in [1.807, 2.05) is 0 Å².